The minimum Gasteiger partial charge on any atom is -0.478 e. The molecule has 0 spiro atoms. The van der Waals surface area contributed by atoms with Gasteiger partial charge < -0.3 is 10.0 Å². The normalized spacial score (nSPS) is 19.1. The van der Waals surface area contributed by atoms with E-state index in [1.807, 2.05) is 12.1 Å². The van der Waals surface area contributed by atoms with Crippen LogP contribution in [0.4, 0.5) is 5.69 Å². The SMILES string of the molecule is C[Si]1(C)CCN(c2ccc(C(=O)O)cc2)CC1. The highest BCUT2D eigenvalue weighted by molar-refractivity contribution is 6.77. The minimum absolute atomic E-state index is 0.362. The first-order chi connectivity index (χ1) is 7.98. The Bertz CT molecular complexity index is 404. The monoisotopic (exact) mass is 249 g/mol. The summed E-state index contributed by atoms with van der Waals surface area (Å²) in [4.78, 5) is 13.1. The van der Waals surface area contributed by atoms with Gasteiger partial charge in [-0.2, -0.15) is 0 Å². The van der Waals surface area contributed by atoms with Crippen LogP contribution in [-0.2, 0) is 0 Å². The Morgan fingerprint density at radius 2 is 1.71 bits per heavy atom. The zero-order chi connectivity index (χ0) is 12.5. The maximum absolute atomic E-state index is 10.8. The first kappa shape index (κ1) is 12.2. The zero-order valence-corrected chi connectivity index (χ0v) is 11.4. The van der Waals surface area contributed by atoms with Crippen LogP contribution < -0.4 is 4.90 Å². The number of hydrogen-bond donors (Lipinski definition) is 1. The average molecular weight is 249 g/mol. The molecule has 1 heterocycles. The molecule has 0 aliphatic carbocycles. The molecule has 0 bridgehead atoms. The summed E-state index contributed by atoms with van der Waals surface area (Å²) in [7, 11) is -0.930. The molecule has 17 heavy (non-hydrogen) atoms. The molecule has 1 aliphatic heterocycles. The molecule has 0 amide bonds. The number of rotatable bonds is 2. The first-order valence-electron chi connectivity index (χ1n) is 6.06. The lowest BCUT2D eigenvalue weighted by Gasteiger charge is -2.37. The van der Waals surface area contributed by atoms with E-state index in [0.717, 1.165) is 18.8 Å². The third-order valence-corrected chi connectivity index (χ3v) is 6.75. The van der Waals surface area contributed by atoms with Gasteiger partial charge in [-0.1, -0.05) is 13.1 Å². The van der Waals surface area contributed by atoms with Crippen LogP contribution in [0.5, 0.6) is 0 Å². The number of anilines is 1. The second-order valence-electron chi connectivity index (χ2n) is 5.50. The summed E-state index contributed by atoms with van der Waals surface area (Å²) in [6.45, 7) is 7.12. The molecule has 0 atom stereocenters. The topological polar surface area (TPSA) is 40.5 Å². The molecular formula is C13H19NO2Si. The number of benzene rings is 1. The molecule has 0 saturated carbocycles. The van der Waals surface area contributed by atoms with Crippen LogP contribution in [0.1, 0.15) is 10.4 Å². The number of carbonyl (C=O) groups is 1. The molecule has 0 aromatic heterocycles. The van der Waals surface area contributed by atoms with E-state index in [1.54, 1.807) is 12.1 Å². The third kappa shape index (κ3) is 2.88. The number of nitrogens with zero attached hydrogens (tertiary/aromatic N) is 1. The molecule has 1 aromatic carbocycles. The third-order valence-electron chi connectivity index (χ3n) is 3.60. The lowest BCUT2D eigenvalue weighted by molar-refractivity contribution is 0.0697. The molecule has 1 saturated heterocycles. The summed E-state index contributed by atoms with van der Waals surface area (Å²) in [6, 6.07) is 9.87. The predicted molar refractivity (Wildman–Crippen MR) is 72.7 cm³/mol. The van der Waals surface area contributed by atoms with Gasteiger partial charge in [-0.15, -0.1) is 0 Å². The maximum atomic E-state index is 10.8. The average Bonchev–Trinajstić information content (AvgIpc) is 2.29. The van der Waals surface area contributed by atoms with Crippen molar-refractivity contribution < 1.29 is 9.90 Å². The van der Waals surface area contributed by atoms with Gasteiger partial charge in [-0.25, -0.2) is 4.79 Å². The highest BCUT2D eigenvalue weighted by Gasteiger charge is 2.27. The summed E-state index contributed by atoms with van der Waals surface area (Å²) in [6.07, 6.45) is 0. The van der Waals surface area contributed by atoms with E-state index in [1.165, 1.54) is 12.1 Å². The van der Waals surface area contributed by atoms with E-state index in [-0.39, 0.29) is 0 Å². The fraction of sp³-hybridized carbons (Fsp3) is 0.462. The van der Waals surface area contributed by atoms with E-state index >= 15 is 0 Å². The molecule has 1 aromatic rings. The second kappa shape index (κ2) is 4.53. The highest BCUT2D eigenvalue weighted by Crippen LogP contribution is 2.26. The molecule has 1 aliphatic rings. The molecule has 1 N–H and O–H groups in total. The number of carboxylic acid groups (broad SMARTS) is 1. The van der Waals surface area contributed by atoms with E-state index in [0.29, 0.717) is 5.56 Å². The van der Waals surface area contributed by atoms with Gasteiger partial charge >= 0.3 is 5.97 Å². The zero-order valence-electron chi connectivity index (χ0n) is 10.4. The van der Waals surface area contributed by atoms with Crippen molar-refractivity contribution >= 4 is 19.7 Å². The van der Waals surface area contributed by atoms with Crippen molar-refractivity contribution in [3.63, 3.8) is 0 Å². The lowest BCUT2D eigenvalue weighted by atomic mass is 10.2. The second-order valence-corrected chi connectivity index (χ2v) is 10.8. The predicted octanol–water partition coefficient (Wildman–Crippen LogP) is 2.91. The van der Waals surface area contributed by atoms with Crippen LogP contribution in [0.2, 0.25) is 25.2 Å². The Labute approximate surface area is 103 Å². The number of aromatic carboxylic acids is 1. The van der Waals surface area contributed by atoms with Gasteiger partial charge in [0, 0.05) is 18.8 Å². The molecule has 4 heteroatoms. The van der Waals surface area contributed by atoms with Crippen LogP contribution in [0.3, 0.4) is 0 Å². The Kier molecular flexibility index (Phi) is 3.24. The quantitative estimate of drug-likeness (QED) is 0.819. The highest BCUT2D eigenvalue weighted by atomic mass is 28.3. The van der Waals surface area contributed by atoms with Gasteiger partial charge in [0.15, 0.2) is 0 Å². The van der Waals surface area contributed by atoms with Crippen molar-refractivity contribution in [3.05, 3.63) is 29.8 Å². The van der Waals surface area contributed by atoms with E-state index in [9.17, 15) is 4.79 Å². The molecule has 0 unspecified atom stereocenters. The summed E-state index contributed by atoms with van der Waals surface area (Å²) < 4.78 is 0. The molecule has 92 valence electrons. The van der Waals surface area contributed by atoms with Gasteiger partial charge in [0.25, 0.3) is 0 Å². The van der Waals surface area contributed by atoms with Crippen molar-refractivity contribution in [2.75, 3.05) is 18.0 Å². The van der Waals surface area contributed by atoms with Crippen LogP contribution in [0, 0.1) is 0 Å². The van der Waals surface area contributed by atoms with Crippen LogP contribution in [-0.4, -0.2) is 32.2 Å². The Morgan fingerprint density at radius 1 is 1.18 bits per heavy atom. The van der Waals surface area contributed by atoms with Crippen LogP contribution in [0.25, 0.3) is 0 Å². The summed E-state index contributed by atoms with van der Waals surface area (Å²) in [5.41, 5.74) is 1.51. The number of hydrogen-bond acceptors (Lipinski definition) is 2. The van der Waals surface area contributed by atoms with E-state index in [4.69, 9.17) is 5.11 Å². The molecule has 1 fully saturated rings. The molecule has 2 rings (SSSR count). The van der Waals surface area contributed by atoms with Gasteiger partial charge in [-0.3, -0.25) is 0 Å². The Balaban J connectivity index is 2.06. The van der Waals surface area contributed by atoms with Gasteiger partial charge in [0.1, 0.15) is 0 Å². The van der Waals surface area contributed by atoms with Gasteiger partial charge in [-0.05, 0) is 36.4 Å². The summed E-state index contributed by atoms with van der Waals surface area (Å²) in [5, 5.41) is 8.85. The lowest BCUT2D eigenvalue weighted by Crippen LogP contribution is -2.42. The van der Waals surface area contributed by atoms with Crippen LogP contribution >= 0.6 is 0 Å². The largest absolute Gasteiger partial charge is 0.478 e. The first-order valence-corrected chi connectivity index (χ1v) is 9.48. The fourth-order valence-electron chi connectivity index (χ4n) is 2.19. The van der Waals surface area contributed by atoms with E-state index < -0.39 is 14.0 Å². The summed E-state index contributed by atoms with van der Waals surface area (Å²) >= 11 is 0. The molecular weight excluding hydrogens is 230 g/mol. The van der Waals surface area contributed by atoms with Crippen molar-refractivity contribution in [2.45, 2.75) is 25.2 Å². The Hall–Kier alpha value is -1.29. The minimum atomic E-state index is -0.930. The summed E-state index contributed by atoms with van der Waals surface area (Å²) in [5.74, 6) is -0.858. The van der Waals surface area contributed by atoms with Gasteiger partial charge in [0.05, 0.1) is 13.6 Å². The standard InChI is InChI=1S/C13H19NO2Si/c1-17(2)9-7-14(8-10-17)12-5-3-11(4-6-12)13(15)16/h3-6H,7-10H2,1-2H3,(H,15,16). The van der Waals surface area contributed by atoms with Crippen molar-refractivity contribution in [2.24, 2.45) is 0 Å². The van der Waals surface area contributed by atoms with Gasteiger partial charge in [0.2, 0.25) is 0 Å². The molecule has 3 nitrogen and oxygen atoms in total. The van der Waals surface area contributed by atoms with Crippen molar-refractivity contribution in [3.8, 4) is 0 Å². The van der Waals surface area contributed by atoms with E-state index in [2.05, 4.69) is 18.0 Å². The number of carboxylic acids is 1. The van der Waals surface area contributed by atoms with Crippen molar-refractivity contribution in [1.29, 1.82) is 0 Å². The maximum Gasteiger partial charge on any atom is 0.335 e. The molecule has 0 radical (unpaired) electrons. The van der Waals surface area contributed by atoms with Crippen molar-refractivity contribution in [1.82, 2.24) is 0 Å². The Morgan fingerprint density at radius 3 is 2.18 bits per heavy atom. The van der Waals surface area contributed by atoms with Crippen LogP contribution in [0.15, 0.2) is 24.3 Å². The fourth-order valence-corrected chi connectivity index (χ4v) is 4.19. The smallest absolute Gasteiger partial charge is 0.335 e.